The van der Waals surface area contributed by atoms with Gasteiger partial charge in [-0.3, -0.25) is 14.7 Å². The van der Waals surface area contributed by atoms with Gasteiger partial charge in [0.05, 0.1) is 5.69 Å². The number of carbonyl (C=O) groups is 1. The third kappa shape index (κ3) is 1.40. The number of amidine groups is 1. The van der Waals surface area contributed by atoms with Crippen LogP contribution in [0.1, 0.15) is 19.4 Å². The molecule has 0 fully saturated rings. The number of fused-ring (bicyclic) bond motifs is 3. The fraction of sp³-hybridized carbons (Fsp3) is 0.308. The molecule has 0 radical (unpaired) electrons. The number of aliphatic imine (C=N–C) groups is 2. The molecule has 1 amide bonds. The van der Waals surface area contributed by atoms with Crippen LogP contribution in [0.2, 0.25) is 0 Å². The lowest BCUT2D eigenvalue weighted by Crippen LogP contribution is -2.37. The zero-order chi connectivity index (χ0) is 12.0. The smallest absolute Gasteiger partial charge is 0.258 e. The normalized spacial score (nSPS) is 21.6. The van der Waals surface area contributed by atoms with Gasteiger partial charge in [-0.05, 0) is 18.1 Å². The van der Waals surface area contributed by atoms with Crippen molar-refractivity contribution in [1.29, 1.82) is 0 Å². The average Bonchev–Trinajstić information content (AvgIpc) is 2.67. The van der Waals surface area contributed by atoms with Gasteiger partial charge in [0.25, 0.3) is 5.91 Å². The van der Waals surface area contributed by atoms with Crippen molar-refractivity contribution < 1.29 is 4.79 Å². The van der Waals surface area contributed by atoms with E-state index in [-0.39, 0.29) is 17.9 Å². The molecule has 0 saturated heterocycles. The van der Waals surface area contributed by atoms with E-state index in [1.54, 1.807) is 11.2 Å². The lowest BCUT2D eigenvalue weighted by molar-refractivity contribution is -0.125. The largest absolute Gasteiger partial charge is 0.272 e. The molecule has 4 nitrogen and oxygen atoms in total. The first-order valence-electron chi connectivity index (χ1n) is 5.73. The second kappa shape index (κ2) is 3.52. The molecule has 2 aliphatic heterocycles. The first-order chi connectivity index (χ1) is 8.18. The van der Waals surface area contributed by atoms with Crippen LogP contribution < -0.4 is 0 Å². The molecule has 0 bridgehead atoms. The number of hydrogen-bond donors (Lipinski definition) is 0. The van der Waals surface area contributed by atoms with Crippen molar-refractivity contribution in [3.63, 3.8) is 0 Å². The van der Waals surface area contributed by atoms with Crippen LogP contribution in [-0.4, -0.2) is 29.0 Å². The molecule has 1 unspecified atom stereocenters. The Bertz CT molecular complexity index is 545. The molecule has 2 heterocycles. The van der Waals surface area contributed by atoms with Gasteiger partial charge < -0.3 is 0 Å². The Morgan fingerprint density at radius 3 is 2.82 bits per heavy atom. The monoisotopic (exact) mass is 227 g/mol. The van der Waals surface area contributed by atoms with E-state index in [1.807, 2.05) is 38.1 Å². The fourth-order valence-corrected chi connectivity index (χ4v) is 2.14. The molecule has 17 heavy (non-hydrogen) atoms. The van der Waals surface area contributed by atoms with Crippen LogP contribution in [0.5, 0.6) is 0 Å². The maximum Gasteiger partial charge on any atom is 0.258 e. The van der Waals surface area contributed by atoms with E-state index in [0.717, 1.165) is 17.1 Å². The highest BCUT2D eigenvalue weighted by Crippen LogP contribution is 2.29. The second-order valence-electron chi connectivity index (χ2n) is 4.61. The number of carbonyl (C=O) groups excluding carboxylic acids is 1. The van der Waals surface area contributed by atoms with Gasteiger partial charge in [0.2, 0.25) is 0 Å². The van der Waals surface area contributed by atoms with Crippen molar-refractivity contribution >= 4 is 23.8 Å². The Morgan fingerprint density at radius 1 is 1.29 bits per heavy atom. The van der Waals surface area contributed by atoms with Crippen LogP contribution in [0.4, 0.5) is 5.69 Å². The molecule has 0 saturated carbocycles. The molecule has 0 N–H and O–H groups in total. The van der Waals surface area contributed by atoms with Crippen molar-refractivity contribution in [3.05, 3.63) is 29.8 Å². The van der Waals surface area contributed by atoms with E-state index < -0.39 is 0 Å². The predicted molar refractivity (Wildman–Crippen MR) is 66.6 cm³/mol. The molecule has 1 aromatic carbocycles. The summed E-state index contributed by atoms with van der Waals surface area (Å²) in [5.41, 5.74) is 1.81. The Morgan fingerprint density at radius 2 is 2.06 bits per heavy atom. The number of hydrogen-bond acceptors (Lipinski definition) is 3. The standard InChI is InChI=1S/C13H13N3O/c1-8(2)11-13(17)16-7-14-10-6-4-3-5-9(10)12(16)15-11/h3-8,11H,1-2H3. The molecular weight excluding hydrogens is 214 g/mol. The van der Waals surface area contributed by atoms with E-state index in [0.29, 0.717) is 0 Å². The number of para-hydroxylation sites is 1. The minimum atomic E-state index is -0.275. The maximum absolute atomic E-state index is 12.1. The van der Waals surface area contributed by atoms with Gasteiger partial charge >= 0.3 is 0 Å². The fourth-order valence-electron chi connectivity index (χ4n) is 2.14. The number of nitrogens with zero attached hydrogens (tertiary/aromatic N) is 3. The summed E-state index contributed by atoms with van der Waals surface area (Å²) < 4.78 is 0. The predicted octanol–water partition coefficient (Wildman–Crippen LogP) is 1.97. The summed E-state index contributed by atoms with van der Waals surface area (Å²) in [6.45, 7) is 4.02. The highest BCUT2D eigenvalue weighted by atomic mass is 16.2. The zero-order valence-electron chi connectivity index (χ0n) is 9.79. The molecular formula is C13H13N3O. The summed E-state index contributed by atoms with van der Waals surface area (Å²) >= 11 is 0. The average molecular weight is 227 g/mol. The molecule has 0 aromatic heterocycles. The molecule has 86 valence electrons. The molecule has 3 rings (SSSR count). The Balaban J connectivity index is 2.12. The summed E-state index contributed by atoms with van der Waals surface area (Å²) in [6, 6.07) is 7.48. The lowest BCUT2D eigenvalue weighted by Gasteiger charge is -2.19. The number of rotatable bonds is 1. The molecule has 1 aromatic rings. The van der Waals surface area contributed by atoms with Crippen molar-refractivity contribution in [2.45, 2.75) is 19.9 Å². The van der Waals surface area contributed by atoms with Gasteiger partial charge in [0.1, 0.15) is 18.2 Å². The third-order valence-electron chi connectivity index (χ3n) is 3.07. The maximum atomic E-state index is 12.1. The van der Waals surface area contributed by atoms with Crippen LogP contribution in [0.25, 0.3) is 0 Å². The van der Waals surface area contributed by atoms with Crippen molar-refractivity contribution in [2.24, 2.45) is 15.9 Å². The first kappa shape index (κ1) is 10.2. The van der Waals surface area contributed by atoms with Crippen LogP contribution in [0, 0.1) is 5.92 Å². The zero-order valence-corrected chi connectivity index (χ0v) is 9.79. The van der Waals surface area contributed by atoms with Gasteiger partial charge in [0, 0.05) is 5.56 Å². The lowest BCUT2D eigenvalue weighted by atomic mass is 10.1. The van der Waals surface area contributed by atoms with Crippen molar-refractivity contribution in [1.82, 2.24) is 4.90 Å². The van der Waals surface area contributed by atoms with Gasteiger partial charge in [-0.25, -0.2) is 4.99 Å². The van der Waals surface area contributed by atoms with Crippen LogP contribution in [0.3, 0.4) is 0 Å². The van der Waals surface area contributed by atoms with E-state index in [9.17, 15) is 4.79 Å². The molecule has 0 spiro atoms. The summed E-state index contributed by atoms with van der Waals surface area (Å²) in [4.78, 5) is 22.5. The van der Waals surface area contributed by atoms with E-state index in [1.165, 1.54) is 0 Å². The van der Waals surface area contributed by atoms with Crippen LogP contribution in [-0.2, 0) is 4.79 Å². The molecule has 0 aliphatic carbocycles. The van der Waals surface area contributed by atoms with E-state index in [4.69, 9.17) is 0 Å². The quantitative estimate of drug-likeness (QED) is 0.723. The summed E-state index contributed by atoms with van der Waals surface area (Å²) in [6.07, 6.45) is 1.58. The topological polar surface area (TPSA) is 45.0 Å². The Labute approximate surface area is 99.7 Å². The minimum Gasteiger partial charge on any atom is -0.272 e. The summed E-state index contributed by atoms with van der Waals surface area (Å²) in [7, 11) is 0. The van der Waals surface area contributed by atoms with Gasteiger partial charge in [-0.1, -0.05) is 26.0 Å². The highest BCUT2D eigenvalue weighted by molar-refractivity contribution is 6.23. The van der Waals surface area contributed by atoms with E-state index in [2.05, 4.69) is 9.98 Å². The van der Waals surface area contributed by atoms with Gasteiger partial charge in [-0.15, -0.1) is 0 Å². The first-order valence-corrected chi connectivity index (χ1v) is 5.73. The van der Waals surface area contributed by atoms with Crippen LogP contribution >= 0.6 is 0 Å². The van der Waals surface area contributed by atoms with Crippen molar-refractivity contribution in [2.75, 3.05) is 0 Å². The Kier molecular flexibility index (Phi) is 2.11. The Hall–Kier alpha value is -1.97. The van der Waals surface area contributed by atoms with Gasteiger partial charge in [0.15, 0.2) is 0 Å². The summed E-state index contributed by atoms with van der Waals surface area (Å²) in [5.74, 6) is 0.966. The van der Waals surface area contributed by atoms with Crippen LogP contribution in [0.15, 0.2) is 34.3 Å². The van der Waals surface area contributed by atoms with E-state index >= 15 is 0 Å². The molecule has 4 heteroatoms. The molecule has 2 aliphatic rings. The summed E-state index contributed by atoms with van der Waals surface area (Å²) in [5, 5.41) is 0. The minimum absolute atomic E-state index is 0.0215. The molecule has 1 atom stereocenters. The SMILES string of the molecule is CC(C)C1N=C2c3ccccc3N=CN2C1=O. The van der Waals surface area contributed by atoms with Crippen molar-refractivity contribution in [3.8, 4) is 0 Å². The third-order valence-corrected chi connectivity index (χ3v) is 3.07. The second-order valence-corrected chi connectivity index (χ2v) is 4.61. The highest BCUT2D eigenvalue weighted by Gasteiger charge is 2.38. The number of benzene rings is 1. The van der Waals surface area contributed by atoms with Gasteiger partial charge in [-0.2, -0.15) is 0 Å². The number of amides is 1.